The highest BCUT2D eigenvalue weighted by atomic mass is 32.2. The maximum absolute atomic E-state index is 13.3. The van der Waals surface area contributed by atoms with Crippen LogP contribution in [-0.2, 0) is 25.7 Å². The molecule has 0 heterocycles. The van der Waals surface area contributed by atoms with Crippen molar-refractivity contribution in [2.75, 3.05) is 11.5 Å². The van der Waals surface area contributed by atoms with E-state index >= 15 is 0 Å². The lowest BCUT2D eigenvalue weighted by Gasteiger charge is -2.23. The lowest BCUT2D eigenvalue weighted by molar-refractivity contribution is 0.0479. The molecular formula is C15H22F2O6S2. The zero-order chi connectivity index (χ0) is 18.8. The highest BCUT2D eigenvalue weighted by Crippen LogP contribution is 2.29. The molecule has 1 rings (SSSR count). The molecule has 0 radical (unpaired) electrons. The predicted molar refractivity (Wildman–Crippen MR) is 90.1 cm³/mol. The van der Waals surface area contributed by atoms with Crippen LogP contribution >= 0.6 is 0 Å². The number of hydrogen-bond acceptors (Lipinski definition) is 6. The molecule has 0 bridgehead atoms. The van der Waals surface area contributed by atoms with Crippen molar-refractivity contribution >= 4 is 20.2 Å². The Hall–Kier alpha value is -1.39. The van der Waals surface area contributed by atoms with E-state index in [4.69, 9.17) is 0 Å². The minimum absolute atomic E-state index is 0. The lowest BCUT2D eigenvalue weighted by Crippen LogP contribution is -2.36. The van der Waals surface area contributed by atoms with Gasteiger partial charge in [-0.25, -0.2) is 17.2 Å². The summed E-state index contributed by atoms with van der Waals surface area (Å²) in [4.78, 5) is 0. The monoisotopic (exact) mass is 400 g/mol. The molecule has 0 saturated carbocycles. The average molecular weight is 400 g/mol. The molecule has 25 heavy (non-hydrogen) atoms. The van der Waals surface area contributed by atoms with Gasteiger partial charge >= 0.3 is 10.1 Å². The van der Waals surface area contributed by atoms with E-state index in [2.05, 4.69) is 4.18 Å². The van der Waals surface area contributed by atoms with Crippen molar-refractivity contribution < 1.29 is 34.4 Å². The molecule has 0 aromatic heterocycles. The maximum atomic E-state index is 13.3. The third-order valence-corrected chi connectivity index (χ3v) is 5.52. The summed E-state index contributed by atoms with van der Waals surface area (Å²) in [7, 11) is -10.0. The van der Waals surface area contributed by atoms with E-state index in [-0.39, 0.29) is 18.6 Å². The van der Waals surface area contributed by atoms with Crippen LogP contribution in [-0.4, -0.2) is 38.8 Å². The van der Waals surface area contributed by atoms with E-state index in [9.17, 15) is 30.2 Å². The molecule has 1 aromatic carbocycles. The van der Waals surface area contributed by atoms with Crippen LogP contribution in [0.4, 0.5) is 8.78 Å². The molecule has 1 aromatic rings. The molecule has 0 unspecified atom stereocenters. The van der Waals surface area contributed by atoms with Crippen molar-refractivity contribution in [2.24, 2.45) is 0 Å². The molecule has 0 aliphatic heterocycles. The number of alkyl halides is 2. The van der Waals surface area contributed by atoms with Gasteiger partial charge in [0, 0.05) is 7.43 Å². The summed E-state index contributed by atoms with van der Waals surface area (Å²) in [6.07, 6.45) is 0.835. The minimum Gasteiger partial charge on any atom is -0.748 e. The summed E-state index contributed by atoms with van der Waals surface area (Å²) < 4.78 is 85.7. The molecule has 144 valence electrons. The standard InChI is InChI=1S/C14H20F2O6S2.CH3/c1-4-13(2,3)11-5-7-12(8-6-11)22-24(20,21)10-14(15,16)9-23(17,18)19;/h5-8H,4,9-10H2,1-3H3,(H,17,18,19);1H3/q;+1/p-1. The summed E-state index contributed by atoms with van der Waals surface area (Å²) in [6.45, 7) is 5.97. The molecule has 0 fully saturated rings. The van der Waals surface area contributed by atoms with E-state index in [1.54, 1.807) is 12.1 Å². The molecule has 6 nitrogen and oxygen atoms in total. The van der Waals surface area contributed by atoms with E-state index in [1.165, 1.54) is 12.1 Å². The van der Waals surface area contributed by atoms with Crippen molar-refractivity contribution in [1.82, 2.24) is 0 Å². The van der Waals surface area contributed by atoms with E-state index in [1.807, 2.05) is 20.8 Å². The Bertz CT molecular complexity index is 769. The van der Waals surface area contributed by atoms with Gasteiger partial charge in [-0.2, -0.15) is 8.42 Å². The van der Waals surface area contributed by atoms with Crippen LogP contribution < -0.4 is 4.18 Å². The summed E-state index contributed by atoms with van der Waals surface area (Å²) >= 11 is 0. The third-order valence-electron chi connectivity index (χ3n) is 3.52. The first-order chi connectivity index (χ1) is 10.7. The van der Waals surface area contributed by atoms with Crippen LogP contribution in [0.25, 0.3) is 0 Å². The van der Waals surface area contributed by atoms with Gasteiger partial charge in [0.25, 0.3) is 5.92 Å². The van der Waals surface area contributed by atoms with Crippen molar-refractivity contribution in [3.05, 3.63) is 37.3 Å². The van der Waals surface area contributed by atoms with Gasteiger partial charge < -0.3 is 8.74 Å². The lowest BCUT2D eigenvalue weighted by atomic mass is 9.82. The second kappa shape index (κ2) is 7.88. The Morgan fingerprint density at radius 3 is 1.92 bits per heavy atom. The first kappa shape index (κ1) is 23.6. The van der Waals surface area contributed by atoms with Gasteiger partial charge in [0.2, 0.25) is 0 Å². The Labute approximate surface area is 148 Å². The summed E-state index contributed by atoms with van der Waals surface area (Å²) in [5.41, 5.74) is 0.768. The minimum atomic E-state index is -5.27. The SMILES string of the molecule is CCC(C)(C)c1ccc(OS(=O)(=O)CC(F)(F)CS(=O)(=O)[O-])cc1.[CH3+]. The topological polar surface area (TPSA) is 101 Å². The van der Waals surface area contributed by atoms with Crippen molar-refractivity contribution in [3.63, 3.8) is 0 Å². The van der Waals surface area contributed by atoms with Gasteiger partial charge in [0.05, 0.1) is 0 Å². The first-order valence-corrected chi connectivity index (χ1v) is 10.2. The molecular weight excluding hydrogens is 378 g/mol. The Balaban J connectivity index is 0.00000576. The van der Waals surface area contributed by atoms with Gasteiger partial charge in [-0.3, -0.25) is 0 Å². The fourth-order valence-corrected chi connectivity index (χ4v) is 3.73. The quantitative estimate of drug-likeness (QED) is 0.378. The third kappa shape index (κ3) is 8.02. The normalized spacial score (nSPS) is 13.2. The van der Waals surface area contributed by atoms with Crippen LogP contribution in [0.1, 0.15) is 32.8 Å². The van der Waals surface area contributed by atoms with Gasteiger partial charge in [0.1, 0.15) is 21.6 Å². The van der Waals surface area contributed by atoms with E-state index in [0.717, 1.165) is 12.0 Å². The number of rotatable bonds is 8. The van der Waals surface area contributed by atoms with E-state index < -0.39 is 37.7 Å². The fourth-order valence-electron chi connectivity index (χ4n) is 1.90. The van der Waals surface area contributed by atoms with Crippen LogP contribution in [0.5, 0.6) is 5.75 Å². The zero-order valence-electron chi connectivity index (χ0n) is 14.5. The largest absolute Gasteiger partial charge is 0.748 e. The van der Waals surface area contributed by atoms with Crippen molar-refractivity contribution in [3.8, 4) is 5.75 Å². The molecule has 0 spiro atoms. The highest BCUT2D eigenvalue weighted by Gasteiger charge is 2.39. The molecule has 0 saturated heterocycles. The van der Waals surface area contributed by atoms with Crippen molar-refractivity contribution in [2.45, 2.75) is 38.5 Å². The second-order valence-corrected chi connectivity index (χ2v) is 9.08. The Kier molecular flexibility index (Phi) is 7.44. The maximum Gasteiger partial charge on any atom is 0.315 e. The van der Waals surface area contributed by atoms with Gasteiger partial charge in [-0.05, 0) is 29.5 Å². The highest BCUT2D eigenvalue weighted by molar-refractivity contribution is 7.87. The fraction of sp³-hybridized carbons (Fsp3) is 0.533. The summed E-state index contributed by atoms with van der Waals surface area (Å²) in [5, 5.41) is 0. The predicted octanol–water partition coefficient (Wildman–Crippen LogP) is 2.71. The number of halogens is 2. The number of benzene rings is 1. The van der Waals surface area contributed by atoms with Crippen LogP contribution in [0.15, 0.2) is 24.3 Å². The summed E-state index contributed by atoms with van der Waals surface area (Å²) in [5.74, 6) is -8.41. The van der Waals surface area contributed by atoms with Gasteiger partial charge in [-0.1, -0.05) is 32.9 Å². The van der Waals surface area contributed by atoms with Gasteiger partial charge in [0.15, 0.2) is 5.75 Å². The Morgan fingerprint density at radius 1 is 1.04 bits per heavy atom. The summed E-state index contributed by atoms with van der Waals surface area (Å²) in [6, 6.07) is 5.89. The van der Waals surface area contributed by atoms with Crippen LogP contribution in [0.2, 0.25) is 0 Å². The smallest absolute Gasteiger partial charge is 0.315 e. The molecule has 0 atom stereocenters. The van der Waals surface area contributed by atoms with E-state index in [0.29, 0.717) is 0 Å². The molecule has 10 heteroatoms. The second-order valence-electron chi connectivity index (χ2n) is 6.11. The number of hydrogen-bond donors (Lipinski definition) is 0. The first-order valence-electron chi connectivity index (χ1n) is 7.00. The van der Waals surface area contributed by atoms with Crippen LogP contribution in [0, 0.1) is 7.43 Å². The molecule has 0 N–H and O–H groups in total. The Morgan fingerprint density at radius 2 is 1.52 bits per heavy atom. The molecule has 0 amide bonds. The van der Waals surface area contributed by atoms with Crippen LogP contribution in [0.3, 0.4) is 0 Å². The van der Waals surface area contributed by atoms with Gasteiger partial charge in [-0.15, -0.1) is 0 Å². The average Bonchev–Trinajstić information content (AvgIpc) is 2.34. The molecule has 0 aliphatic carbocycles. The zero-order valence-corrected chi connectivity index (χ0v) is 16.1. The van der Waals surface area contributed by atoms with Crippen molar-refractivity contribution in [1.29, 1.82) is 0 Å². The molecule has 0 aliphatic rings.